The molecule has 1 atom stereocenters. The molecule has 0 spiro atoms. The summed E-state index contributed by atoms with van der Waals surface area (Å²) in [5.41, 5.74) is 2.15. The molecule has 41 heavy (non-hydrogen) atoms. The molecule has 1 unspecified atom stereocenters. The maximum Gasteiger partial charge on any atom is 0.410 e. The Labute approximate surface area is 246 Å². The molecule has 1 aliphatic rings. The summed E-state index contributed by atoms with van der Waals surface area (Å²) >= 11 is 1.40. The SMILES string of the molecule is CC.Cc1cc(Sc2cn(S(=O)(=O)c3ccccc3)c3ccc(F)cc23)ccc1C1CCN(C(=O)OC(C)(C)C)C1. The van der Waals surface area contributed by atoms with E-state index in [0.29, 0.717) is 28.9 Å². The van der Waals surface area contributed by atoms with E-state index >= 15 is 0 Å². The molecule has 218 valence electrons. The highest BCUT2D eigenvalue weighted by Crippen LogP contribution is 2.39. The van der Waals surface area contributed by atoms with E-state index in [1.165, 1.54) is 39.5 Å². The van der Waals surface area contributed by atoms with Crippen LogP contribution in [0.2, 0.25) is 0 Å². The van der Waals surface area contributed by atoms with Gasteiger partial charge in [-0.15, -0.1) is 0 Å². The first kappa shape index (κ1) is 30.7. The van der Waals surface area contributed by atoms with Crippen molar-refractivity contribution in [2.75, 3.05) is 13.1 Å². The molecule has 0 saturated carbocycles. The second kappa shape index (κ2) is 12.3. The molecule has 0 N–H and O–H groups in total. The average Bonchev–Trinajstić information content (AvgIpc) is 3.55. The number of benzene rings is 3. The van der Waals surface area contributed by atoms with Crippen LogP contribution in [0.4, 0.5) is 9.18 Å². The molecule has 0 bridgehead atoms. The second-order valence-electron chi connectivity index (χ2n) is 10.8. The van der Waals surface area contributed by atoms with Crippen LogP contribution in [0.5, 0.6) is 0 Å². The van der Waals surface area contributed by atoms with Crippen molar-refractivity contribution in [2.45, 2.75) is 74.2 Å². The summed E-state index contributed by atoms with van der Waals surface area (Å²) in [7, 11) is -3.86. The van der Waals surface area contributed by atoms with Crippen molar-refractivity contribution in [3.63, 3.8) is 0 Å². The van der Waals surface area contributed by atoms with Gasteiger partial charge in [-0.2, -0.15) is 0 Å². The first-order valence-electron chi connectivity index (χ1n) is 13.8. The minimum absolute atomic E-state index is 0.167. The number of likely N-dealkylation sites (tertiary alicyclic amines) is 1. The Morgan fingerprint density at radius 1 is 1.02 bits per heavy atom. The molecule has 5 rings (SSSR count). The highest BCUT2D eigenvalue weighted by molar-refractivity contribution is 7.99. The highest BCUT2D eigenvalue weighted by atomic mass is 32.2. The lowest BCUT2D eigenvalue weighted by Gasteiger charge is -2.24. The summed E-state index contributed by atoms with van der Waals surface area (Å²) in [6.07, 6.45) is 2.14. The van der Waals surface area contributed by atoms with Crippen LogP contribution >= 0.6 is 11.8 Å². The second-order valence-corrected chi connectivity index (χ2v) is 13.7. The third kappa shape index (κ3) is 6.79. The fourth-order valence-corrected chi connectivity index (χ4v) is 7.45. The lowest BCUT2D eigenvalue weighted by Crippen LogP contribution is -2.35. The number of halogens is 1. The van der Waals surface area contributed by atoms with Gasteiger partial charge in [-0.3, -0.25) is 0 Å². The summed E-state index contributed by atoms with van der Waals surface area (Å²) in [6, 6.07) is 18.5. The molecule has 1 fully saturated rings. The molecule has 4 aromatic rings. The molecule has 1 aromatic heterocycles. The van der Waals surface area contributed by atoms with E-state index in [2.05, 4.69) is 12.1 Å². The lowest BCUT2D eigenvalue weighted by molar-refractivity contribution is 0.0292. The summed E-state index contributed by atoms with van der Waals surface area (Å²) < 4.78 is 47.8. The summed E-state index contributed by atoms with van der Waals surface area (Å²) in [5, 5.41) is 0.532. The Kier molecular flexibility index (Phi) is 9.19. The van der Waals surface area contributed by atoms with E-state index in [4.69, 9.17) is 4.74 Å². The molecule has 6 nitrogen and oxygen atoms in total. The van der Waals surface area contributed by atoms with Gasteiger partial charge in [0.15, 0.2) is 0 Å². The zero-order valence-electron chi connectivity index (χ0n) is 24.3. The number of carbonyl (C=O) groups is 1. The Morgan fingerprint density at radius 2 is 1.73 bits per heavy atom. The van der Waals surface area contributed by atoms with Gasteiger partial charge in [0.25, 0.3) is 10.0 Å². The Morgan fingerprint density at radius 3 is 2.39 bits per heavy atom. The smallest absolute Gasteiger partial charge is 0.410 e. The molecule has 0 aliphatic carbocycles. The largest absolute Gasteiger partial charge is 0.444 e. The summed E-state index contributed by atoms with van der Waals surface area (Å²) in [4.78, 5) is 16.0. The molecule has 2 heterocycles. The minimum atomic E-state index is -3.86. The third-order valence-corrected chi connectivity index (χ3v) is 9.47. The molecule has 1 aliphatic heterocycles. The van der Waals surface area contributed by atoms with Gasteiger partial charge in [0.1, 0.15) is 11.4 Å². The Hall–Kier alpha value is -3.30. The first-order valence-corrected chi connectivity index (χ1v) is 16.1. The number of fused-ring (bicyclic) bond motifs is 1. The van der Waals surface area contributed by atoms with Crippen LogP contribution in [0.1, 0.15) is 58.1 Å². The number of rotatable bonds is 5. The van der Waals surface area contributed by atoms with E-state index in [9.17, 15) is 17.6 Å². The molecular weight excluding hydrogens is 559 g/mol. The van der Waals surface area contributed by atoms with Crippen LogP contribution in [0, 0.1) is 12.7 Å². The predicted molar refractivity (Wildman–Crippen MR) is 163 cm³/mol. The molecule has 0 radical (unpaired) electrons. The van der Waals surface area contributed by atoms with E-state index < -0.39 is 21.4 Å². The van der Waals surface area contributed by atoms with Crippen molar-refractivity contribution in [3.8, 4) is 0 Å². The van der Waals surface area contributed by atoms with Crippen LogP contribution in [0.3, 0.4) is 0 Å². The Balaban J connectivity index is 0.00000189. The summed E-state index contributed by atoms with van der Waals surface area (Å²) in [6.45, 7) is 12.9. The van der Waals surface area contributed by atoms with E-state index in [1.54, 1.807) is 41.4 Å². The van der Waals surface area contributed by atoms with Gasteiger partial charge in [-0.25, -0.2) is 21.6 Å². The van der Waals surface area contributed by atoms with Gasteiger partial charge in [-0.1, -0.05) is 49.9 Å². The van der Waals surface area contributed by atoms with E-state index in [-0.39, 0.29) is 16.9 Å². The normalized spacial score (nSPS) is 15.5. The van der Waals surface area contributed by atoms with Crippen LogP contribution in [0.25, 0.3) is 10.9 Å². The predicted octanol–water partition coefficient (Wildman–Crippen LogP) is 8.23. The number of aryl methyl sites for hydroxylation is 1. The van der Waals surface area contributed by atoms with Crippen molar-refractivity contribution in [1.29, 1.82) is 0 Å². The van der Waals surface area contributed by atoms with Gasteiger partial charge >= 0.3 is 6.09 Å². The monoisotopic (exact) mass is 596 g/mol. The first-order chi connectivity index (χ1) is 19.4. The van der Waals surface area contributed by atoms with Gasteiger partial charge in [0, 0.05) is 40.4 Å². The van der Waals surface area contributed by atoms with Gasteiger partial charge in [0.05, 0.1) is 10.4 Å². The van der Waals surface area contributed by atoms with Gasteiger partial charge < -0.3 is 9.64 Å². The lowest BCUT2D eigenvalue weighted by atomic mass is 9.94. The number of hydrogen-bond donors (Lipinski definition) is 0. The maximum atomic E-state index is 14.2. The zero-order valence-corrected chi connectivity index (χ0v) is 26.0. The van der Waals surface area contributed by atoms with Crippen LogP contribution < -0.4 is 0 Å². The van der Waals surface area contributed by atoms with Crippen LogP contribution in [0.15, 0.2) is 87.6 Å². The fraction of sp³-hybridized carbons (Fsp3) is 0.344. The third-order valence-electron chi connectivity index (χ3n) is 6.74. The standard InChI is InChI=1S/C30H31FN2O4S2.C2H6/c1-20-16-23(11-12-25(20)21-14-15-32(18-21)29(34)37-30(2,3)4)38-28-19-33(27-13-10-22(31)17-26(27)28)39(35,36)24-8-6-5-7-9-24;1-2/h5-13,16-17,19,21H,14-15,18H2,1-4H3;1-2H3. The van der Waals surface area contributed by atoms with Crippen molar-refractivity contribution in [2.24, 2.45) is 0 Å². The number of aromatic nitrogens is 1. The van der Waals surface area contributed by atoms with Crippen molar-refractivity contribution in [3.05, 3.63) is 89.9 Å². The summed E-state index contributed by atoms with van der Waals surface area (Å²) in [5.74, 6) is -0.217. The van der Waals surface area contributed by atoms with E-state index in [1.807, 2.05) is 47.6 Å². The number of carbonyl (C=O) groups excluding carboxylic acids is 1. The molecule has 3 aromatic carbocycles. The quantitative estimate of drug-likeness (QED) is 0.232. The number of hydrogen-bond acceptors (Lipinski definition) is 5. The van der Waals surface area contributed by atoms with Crippen molar-refractivity contribution >= 4 is 38.8 Å². The van der Waals surface area contributed by atoms with Gasteiger partial charge in [-0.05, 0) is 87.7 Å². The highest BCUT2D eigenvalue weighted by Gasteiger charge is 2.31. The zero-order chi connectivity index (χ0) is 29.9. The fourth-order valence-electron chi connectivity index (χ4n) is 4.93. The molecule has 1 amide bonds. The van der Waals surface area contributed by atoms with Crippen LogP contribution in [-0.4, -0.2) is 42.1 Å². The van der Waals surface area contributed by atoms with Crippen molar-refractivity contribution in [1.82, 2.24) is 8.87 Å². The van der Waals surface area contributed by atoms with Crippen molar-refractivity contribution < 1.29 is 22.3 Å². The van der Waals surface area contributed by atoms with Gasteiger partial charge in [0.2, 0.25) is 0 Å². The average molecular weight is 597 g/mol. The Bertz CT molecular complexity index is 1640. The number of amides is 1. The minimum Gasteiger partial charge on any atom is -0.444 e. The molecular formula is C32H37FN2O4S2. The maximum absolute atomic E-state index is 14.2. The number of ether oxygens (including phenoxy) is 1. The van der Waals surface area contributed by atoms with Crippen LogP contribution in [-0.2, 0) is 14.8 Å². The molecule has 9 heteroatoms. The topological polar surface area (TPSA) is 68.6 Å². The van der Waals surface area contributed by atoms with E-state index in [0.717, 1.165) is 16.9 Å². The molecule has 1 saturated heterocycles. The number of nitrogens with zero attached hydrogens (tertiary/aromatic N) is 2.